The molecule has 2 aliphatic heterocycles. The highest BCUT2D eigenvalue weighted by Gasteiger charge is 2.44. The summed E-state index contributed by atoms with van der Waals surface area (Å²) in [6.45, 7) is 2.33. The number of carboxylic acid groups (broad SMARTS) is 1. The predicted molar refractivity (Wildman–Crippen MR) is 125 cm³/mol. The third-order valence-corrected chi connectivity index (χ3v) is 8.35. The van der Waals surface area contributed by atoms with Crippen molar-refractivity contribution in [3.63, 3.8) is 0 Å². The van der Waals surface area contributed by atoms with E-state index in [1.54, 1.807) is 10.6 Å². The van der Waals surface area contributed by atoms with E-state index in [1.807, 2.05) is 18.2 Å². The average Bonchev–Trinajstić information content (AvgIpc) is 3.06. The number of carboxylic acids is 1. The van der Waals surface area contributed by atoms with Crippen molar-refractivity contribution in [1.29, 1.82) is 0 Å². The van der Waals surface area contributed by atoms with Crippen LogP contribution in [0.1, 0.15) is 94.1 Å². The molecule has 5 rings (SSSR count). The third kappa shape index (κ3) is 3.87. The lowest BCUT2D eigenvalue weighted by Gasteiger charge is -2.45. The largest absolute Gasteiger partial charge is 0.476 e. The summed E-state index contributed by atoms with van der Waals surface area (Å²) in [4.78, 5) is 31.9. The van der Waals surface area contributed by atoms with Crippen LogP contribution in [0.3, 0.4) is 0 Å². The number of hydrogen-bond acceptors (Lipinski definition) is 4. The Kier molecular flexibility index (Phi) is 6.06. The van der Waals surface area contributed by atoms with Gasteiger partial charge in [0.2, 0.25) is 5.69 Å². The van der Waals surface area contributed by atoms with E-state index >= 15 is 0 Å². The van der Waals surface area contributed by atoms with Crippen molar-refractivity contribution in [1.82, 2.24) is 14.5 Å². The van der Waals surface area contributed by atoms with Gasteiger partial charge in [-0.15, -0.1) is 0 Å². The molecule has 0 radical (unpaired) electrons. The number of hydrogen-bond donors (Lipinski definition) is 1. The van der Waals surface area contributed by atoms with Crippen LogP contribution in [0.4, 0.5) is 0 Å². The van der Waals surface area contributed by atoms with Crippen LogP contribution in [0, 0.1) is 5.92 Å². The SMILES string of the molecule is CC[C@@H](CC1CCCCC1)N1[C@@H]2CC[C@H]1CC(n1c(=O)c(C(=O)O)nc3ccccc31)C2. The highest BCUT2D eigenvalue weighted by Crippen LogP contribution is 2.44. The zero-order valence-corrected chi connectivity index (χ0v) is 19.1. The molecule has 32 heavy (non-hydrogen) atoms. The molecular formula is C26H35N3O3. The smallest absolute Gasteiger partial charge is 0.360 e. The van der Waals surface area contributed by atoms with Gasteiger partial charge in [-0.25, -0.2) is 9.78 Å². The Morgan fingerprint density at radius 2 is 1.75 bits per heavy atom. The topological polar surface area (TPSA) is 75.4 Å². The summed E-state index contributed by atoms with van der Waals surface area (Å²) < 4.78 is 1.76. The van der Waals surface area contributed by atoms with Gasteiger partial charge >= 0.3 is 5.97 Å². The van der Waals surface area contributed by atoms with Gasteiger partial charge in [-0.05, 0) is 56.6 Å². The average molecular weight is 438 g/mol. The number of aromatic carboxylic acids is 1. The fourth-order valence-corrected chi connectivity index (χ4v) is 6.95. The zero-order valence-electron chi connectivity index (χ0n) is 19.1. The molecule has 1 saturated carbocycles. The molecule has 2 saturated heterocycles. The number of piperidine rings is 1. The maximum absolute atomic E-state index is 13.2. The minimum atomic E-state index is -1.24. The lowest BCUT2D eigenvalue weighted by atomic mass is 9.82. The van der Waals surface area contributed by atoms with E-state index in [1.165, 1.54) is 57.8 Å². The first kappa shape index (κ1) is 21.6. The van der Waals surface area contributed by atoms with Crippen LogP contribution in [0.25, 0.3) is 11.0 Å². The normalized spacial score (nSPS) is 27.6. The van der Waals surface area contributed by atoms with Gasteiger partial charge in [0.15, 0.2) is 0 Å². The van der Waals surface area contributed by atoms with E-state index < -0.39 is 11.5 Å². The molecule has 1 unspecified atom stereocenters. The van der Waals surface area contributed by atoms with Crippen molar-refractivity contribution < 1.29 is 9.90 Å². The first-order valence-electron chi connectivity index (χ1n) is 12.6. The quantitative estimate of drug-likeness (QED) is 0.687. The van der Waals surface area contributed by atoms with E-state index in [4.69, 9.17) is 0 Å². The molecule has 0 amide bonds. The molecule has 4 atom stereocenters. The summed E-state index contributed by atoms with van der Waals surface area (Å²) in [5.74, 6) is -0.371. The Balaban J connectivity index is 1.43. The molecule has 3 aliphatic rings. The van der Waals surface area contributed by atoms with E-state index in [-0.39, 0.29) is 11.7 Å². The van der Waals surface area contributed by atoms with Gasteiger partial charge in [-0.2, -0.15) is 0 Å². The lowest BCUT2D eigenvalue weighted by Crippen LogP contribution is -2.50. The Hall–Kier alpha value is -2.21. The fraction of sp³-hybridized carbons (Fsp3) is 0.654. The fourth-order valence-electron chi connectivity index (χ4n) is 6.95. The summed E-state index contributed by atoms with van der Waals surface area (Å²) >= 11 is 0. The molecule has 1 N–H and O–H groups in total. The molecule has 172 valence electrons. The van der Waals surface area contributed by atoms with E-state index in [9.17, 15) is 14.7 Å². The first-order valence-corrected chi connectivity index (χ1v) is 12.6. The summed E-state index contributed by atoms with van der Waals surface area (Å²) in [6.07, 6.45) is 13.7. The Bertz CT molecular complexity index is 1030. The highest BCUT2D eigenvalue weighted by molar-refractivity contribution is 5.88. The van der Waals surface area contributed by atoms with Gasteiger partial charge in [0.25, 0.3) is 5.56 Å². The predicted octanol–water partition coefficient (Wildman–Crippen LogP) is 5.01. The van der Waals surface area contributed by atoms with Crippen molar-refractivity contribution in [3.8, 4) is 0 Å². The van der Waals surface area contributed by atoms with Crippen LogP contribution in [-0.4, -0.2) is 43.7 Å². The Labute approximate surface area is 189 Å². The number of carbonyl (C=O) groups is 1. The number of para-hydroxylation sites is 2. The van der Waals surface area contributed by atoms with Crippen molar-refractivity contribution in [2.75, 3.05) is 0 Å². The van der Waals surface area contributed by atoms with Crippen molar-refractivity contribution in [3.05, 3.63) is 40.3 Å². The number of fused-ring (bicyclic) bond motifs is 3. The number of nitrogens with zero attached hydrogens (tertiary/aromatic N) is 3. The van der Waals surface area contributed by atoms with E-state index in [0.29, 0.717) is 23.6 Å². The maximum atomic E-state index is 13.2. The third-order valence-electron chi connectivity index (χ3n) is 8.35. The second-order valence-electron chi connectivity index (χ2n) is 10.2. The second kappa shape index (κ2) is 8.97. The van der Waals surface area contributed by atoms with Gasteiger partial charge in [0.05, 0.1) is 11.0 Å². The van der Waals surface area contributed by atoms with Crippen molar-refractivity contribution in [2.24, 2.45) is 5.92 Å². The molecule has 0 spiro atoms. The van der Waals surface area contributed by atoms with Crippen LogP contribution >= 0.6 is 0 Å². The van der Waals surface area contributed by atoms with Crippen LogP contribution < -0.4 is 5.56 Å². The lowest BCUT2D eigenvalue weighted by molar-refractivity contribution is 0.0452. The van der Waals surface area contributed by atoms with Crippen LogP contribution in [0.5, 0.6) is 0 Å². The highest BCUT2D eigenvalue weighted by atomic mass is 16.4. The maximum Gasteiger partial charge on any atom is 0.360 e. The summed E-state index contributed by atoms with van der Waals surface area (Å²) in [7, 11) is 0. The van der Waals surface area contributed by atoms with Crippen LogP contribution in [0.2, 0.25) is 0 Å². The molecule has 1 aromatic heterocycles. The van der Waals surface area contributed by atoms with Gasteiger partial charge in [-0.3, -0.25) is 9.69 Å². The molecule has 6 heteroatoms. The standard InChI is InChI=1S/C26H35N3O3/c1-2-18(14-17-8-4-3-5-9-17)28-19-12-13-20(28)16-21(15-19)29-23-11-7-6-10-22(23)27-24(25(29)30)26(31)32/h6-7,10-11,17-21H,2-5,8-9,12-16H2,1H3,(H,31,32)/t18-,19-,20+,21?/m0/s1. The number of benzene rings is 1. The second-order valence-corrected chi connectivity index (χ2v) is 10.2. The molecular weight excluding hydrogens is 402 g/mol. The Morgan fingerprint density at radius 1 is 1.06 bits per heavy atom. The Morgan fingerprint density at radius 3 is 2.41 bits per heavy atom. The van der Waals surface area contributed by atoms with Gasteiger partial charge < -0.3 is 9.67 Å². The van der Waals surface area contributed by atoms with Gasteiger partial charge in [0.1, 0.15) is 0 Å². The van der Waals surface area contributed by atoms with Gasteiger partial charge in [0, 0.05) is 24.2 Å². The first-order chi connectivity index (χ1) is 15.6. The molecule has 2 bridgehead atoms. The molecule has 1 aliphatic carbocycles. The van der Waals surface area contributed by atoms with Crippen LogP contribution in [-0.2, 0) is 0 Å². The molecule has 2 aromatic rings. The van der Waals surface area contributed by atoms with Crippen molar-refractivity contribution in [2.45, 2.75) is 102 Å². The molecule has 3 fully saturated rings. The monoisotopic (exact) mass is 437 g/mol. The van der Waals surface area contributed by atoms with Crippen molar-refractivity contribution >= 4 is 17.0 Å². The van der Waals surface area contributed by atoms with E-state index in [2.05, 4.69) is 16.8 Å². The summed E-state index contributed by atoms with van der Waals surface area (Å²) in [6, 6.07) is 9.10. The number of rotatable bonds is 6. The molecule has 1 aromatic carbocycles. The minimum Gasteiger partial charge on any atom is -0.476 e. The molecule has 3 heterocycles. The van der Waals surface area contributed by atoms with E-state index in [0.717, 1.165) is 24.3 Å². The number of aromatic nitrogens is 2. The summed E-state index contributed by atoms with van der Waals surface area (Å²) in [5, 5.41) is 9.58. The van der Waals surface area contributed by atoms with Gasteiger partial charge in [-0.1, -0.05) is 51.2 Å². The summed E-state index contributed by atoms with van der Waals surface area (Å²) in [5.41, 5.74) is 0.531. The molecule has 6 nitrogen and oxygen atoms in total. The minimum absolute atomic E-state index is 0.0365. The zero-order chi connectivity index (χ0) is 22.2. The van der Waals surface area contributed by atoms with Crippen LogP contribution in [0.15, 0.2) is 29.1 Å².